The Kier molecular flexibility index (Phi) is 4.04. The molecule has 0 bridgehead atoms. The molecule has 1 aromatic rings. The number of carboxylic acid groups (broad SMARTS) is 1. The number of halogens is 1. The Hall–Kier alpha value is -1.33. The summed E-state index contributed by atoms with van der Waals surface area (Å²) in [5, 5.41) is 12.2. The van der Waals surface area contributed by atoms with Crippen molar-refractivity contribution in [3.63, 3.8) is 0 Å². The second-order valence-electron chi connectivity index (χ2n) is 4.36. The van der Waals surface area contributed by atoms with E-state index in [1.165, 1.54) is 12.3 Å². The molecule has 2 atom stereocenters. The molecule has 0 aromatic carbocycles. The molecule has 0 radical (unpaired) electrons. The highest BCUT2D eigenvalue weighted by molar-refractivity contribution is 6.33. The molecule has 0 aliphatic carbocycles. The fraction of sp³-hybridized carbons (Fsp3) is 0.500. The van der Waals surface area contributed by atoms with Crippen LogP contribution in [0.15, 0.2) is 12.3 Å². The van der Waals surface area contributed by atoms with Gasteiger partial charge in [0.1, 0.15) is 5.82 Å². The number of anilines is 1. The lowest BCUT2D eigenvalue weighted by Gasteiger charge is -2.15. The van der Waals surface area contributed by atoms with Crippen molar-refractivity contribution >= 4 is 23.4 Å². The lowest BCUT2D eigenvalue weighted by Crippen LogP contribution is -2.21. The molecule has 0 saturated carbocycles. The second kappa shape index (κ2) is 5.54. The third kappa shape index (κ3) is 2.91. The van der Waals surface area contributed by atoms with Gasteiger partial charge in [-0.25, -0.2) is 9.78 Å². The molecule has 0 amide bonds. The first-order chi connectivity index (χ1) is 8.58. The first-order valence-electron chi connectivity index (χ1n) is 5.82. The van der Waals surface area contributed by atoms with Crippen molar-refractivity contribution in [3.05, 3.63) is 22.8 Å². The van der Waals surface area contributed by atoms with Gasteiger partial charge in [0.2, 0.25) is 0 Å². The molecule has 1 fully saturated rings. The minimum Gasteiger partial charge on any atom is -0.478 e. The highest BCUT2D eigenvalue weighted by Crippen LogP contribution is 2.22. The zero-order chi connectivity index (χ0) is 13.1. The maximum Gasteiger partial charge on any atom is 0.337 e. The van der Waals surface area contributed by atoms with Crippen LogP contribution < -0.4 is 5.32 Å². The average molecular weight is 271 g/mol. The SMILES string of the molecule is CC1OCCC1CNc1cc(C(=O)O)c(Cl)cn1. The van der Waals surface area contributed by atoms with Gasteiger partial charge < -0.3 is 15.2 Å². The third-order valence-corrected chi connectivity index (χ3v) is 3.47. The third-order valence-electron chi connectivity index (χ3n) is 3.16. The summed E-state index contributed by atoms with van der Waals surface area (Å²) in [5.74, 6) is -0.102. The van der Waals surface area contributed by atoms with Crippen LogP contribution in [-0.4, -0.2) is 35.3 Å². The molecule has 18 heavy (non-hydrogen) atoms. The Labute approximate surface area is 110 Å². The molecule has 1 aliphatic rings. The fourth-order valence-electron chi connectivity index (χ4n) is 1.98. The Morgan fingerprint density at radius 3 is 3.11 bits per heavy atom. The van der Waals surface area contributed by atoms with Crippen LogP contribution in [0.4, 0.5) is 5.82 Å². The molecule has 1 aliphatic heterocycles. The number of nitrogens with zero attached hydrogens (tertiary/aromatic N) is 1. The largest absolute Gasteiger partial charge is 0.478 e. The summed E-state index contributed by atoms with van der Waals surface area (Å²) in [6.07, 6.45) is 2.58. The van der Waals surface area contributed by atoms with Gasteiger partial charge in [0.05, 0.1) is 16.7 Å². The predicted molar refractivity (Wildman–Crippen MR) is 68.2 cm³/mol. The number of ether oxygens (including phenoxy) is 1. The average Bonchev–Trinajstić information content (AvgIpc) is 2.73. The quantitative estimate of drug-likeness (QED) is 0.878. The number of carbonyl (C=O) groups is 1. The predicted octanol–water partition coefficient (Wildman–Crippen LogP) is 2.27. The zero-order valence-corrected chi connectivity index (χ0v) is 10.8. The first kappa shape index (κ1) is 13.1. The highest BCUT2D eigenvalue weighted by atomic mass is 35.5. The first-order valence-corrected chi connectivity index (χ1v) is 6.20. The minimum atomic E-state index is -1.05. The van der Waals surface area contributed by atoms with E-state index in [1.807, 2.05) is 6.92 Å². The molecule has 2 rings (SSSR count). The second-order valence-corrected chi connectivity index (χ2v) is 4.77. The van der Waals surface area contributed by atoms with Gasteiger partial charge in [0.15, 0.2) is 0 Å². The number of pyridine rings is 1. The molecule has 6 heteroatoms. The Morgan fingerprint density at radius 1 is 1.72 bits per heavy atom. The summed E-state index contributed by atoms with van der Waals surface area (Å²) in [6, 6.07) is 1.45. The van der Waals surface area contributed by atoms with E-state index in [0.717, 1.165) is 19.6 Å². The Balaban J connectivity index is 2.01. The topological polar surface area (TPSA) is 71.5 Å². The van der Waals surface area contributed by atoms with E-state index in [-0.39, 0.29) is 16.7 Å². The van der Waals surface area contributed by atoms with E-state index >= 15 is 0 Å². The van der Waals surface area contributed by atoms with E-state index in [2.05, 4.69) is 10.3 Å². The summed E-state index contributed by atoms with van der Waals surface area (Å²) in [5.41, 5.74) is 0.0601. The molecular weight excluding hydrogens is 256 g/mol. The van der Waals surface area contributed by atoms with Crippen molar-refractivity contribution in [1.29, 1.82) is 0 Å². The number of hydrogen-bond donors (Lipinski definition) is 2. The standard InChI is InChI=1S/C12H15ClN2O3/c1-7-8(2-3-18-7)5-14-11-4-9(12(16)17)10(13)6-15-11/h4,6-8H,2-3,5H2,1H3,(H,14,15)(H,16,17). The van der Waals surface area contributed by atoms with Crippen LogP contribution >= 0.6 is 11.6 Å². The smallest absolute Gasteiger partial charge is 0.337 e. The molecule has 5 nitrogen and oxygen atoms in total. The summed E-state index contributed by atoms with van der Waals surface area (Å²) < 4.78 is 5.46. The van der Waals surface area contributed by atoms with Gasteiger partial charge in [-0.05, 0) is 19.4 Å². The zero-order valence-electron chi connectivity index (χ0n) is 10.0. The van der Waals surface area contributed by atoms with E-state index in [4.69, 9.17) is 21.4 Å². The minimum absolute atomic E-state index is 0.0601. The molecule has 2 N–H and O–H groups in total. The van der Waals surface area contributed by atoms with Crippen LogP contribution in [0.2, 0.25) is 5.02 Å². The van der Waals surface area contributed by atoms with Gasteiger partial charge in [0.25, 0.3) is 0 Å². The van der Waals surface area contributed by atoms with Crippen LogP contribution in [0, 0.1) is 5.92 Å². The van der Waals surface area contributed by atoms with E-state index in [9.17, 15) is 4.79 Å². The maximum absolute atomic E-state index is 10.9. The van der Waals surface area contributed by atoms with Crippen LogP contribution in [0.25, 0.3) is 0 Å². The van der Waals surface area contributed by atoms with Crippen molar-refractivity contribution in [2.75, 3.05) is 18.5 Å². The van der Waals surface area contributed by atoms with E-state index < -0.39 is 5.97 Å². The number of aromatic nitrogens is 1. The van der Waals surface area contributed by atoms with Gasteiger partial charge in [0, 0.05) is 25.3 Å². The number of carboxylic acids is 1. The van der Waals surface area contributed by atoms with Gasteiger partial charge in [-0.1, -0.05) is 11.6 Å². The van der Waals surface area contributed by atoms with E-state index in [1.54, 1.807) is 0 Å². The van der Waals surface area contributed by atoms with Crippen molar-refractivity contribution in [3.8, 4) is 0 Å². The van der Waals surface area contributed by atoms with E-state index in [0.29, 0.717) is 11.7 Å². The number of nitrogens with one attached hydrogen (secondary N) is 1. The molecule has 2 unspecified atom stereocenters. The van der Waals surface area contributed by atoms with Crippen LogP contribution in [0.5, 0.6) is 0 Å². The molecule has 1 saturated heterocycles. The number of aromatic carboxylic acids is 1. The lowest BCUT2D eigenvalue weighted by atomic mass is 10.0. The van der Waals surface area contributed by atoms with Crippen molar-refractivity contribution in [2.45, 2.75) is 19.4 Å². The summed E-state index contributed by atoms with van der Waals surface area (Å²) in [7, 11) is 0. The summed E-state index contributed by atoms with van der Waals surface area (Å²) in [4.78, 5) is 15.0. The summed E-state index contributed by atoms with van der Waals surface area (Å²) >= 11 is 5.75. The van der Waals surface area contributed by atoms with Crippen LogP contribution in [-0.2, 0) is 4.74 Å². The van der Waals surface area contributed by atoms with Gasteiger partial charge in [-0.3, -0.25) is 0 Å². The number of rotatable bonds is 4. The molecule has 2 heterocycles. The summed E-state index contributed by atoms with van der Waals surface area (Å²) in [6.45, 7) is 3.54. The van der Waals surface area contributed by atoms with Gasteiger partial charge in [-0.2, -0.15) is 0 Å². The maximum atomic E-state index is 10.9. The molecule has 98 valence electrons. The van der Waals surface area contributed by atoms with Crippen LogP contribution in [0.3, 0.4) is 0 Å². The van der Waals surface area contributed by atoms with Crippen LogP contribution in [0.1, 0.15) is 23.7 Å². The van der Waals surface area contributed by atoms with Crippen molar-refractivity contribution in [2.24, 2.45) is 5.92 Å². The van der Waals surface area contributed by atoms with Gasteiger partial charge in [-0.15, -0.1) is 0 Å². The number of hydrogen-bond acceptors (Lipinski definition) is 4. The molecule has 1 aromatic heterocycles. The normalized spacial score (nSPS) is 23.0. The van der Waals surface area contributed by atoms with Crippen molar-refractivity contribution in [1.82, 2.24) is 4.98 Å². The Morgan fingerprint density at radius 2 is 2.50 bits per heavy atom. The fourth-order valence-corrected chi connectivity index (χ4v) is 2.16. The molecule has 0 spiro atoms. The molecular formula is C12H15ClN2O3. The van der Waals surface area contributed by atoms with Crippen molar-refractivity contribution < 1.29 is 14.6 Å². The monoisotopic (exact) mass is 270 g/mol. The Bertz CT molecular complexity index is 453. The highest BCUT2D eigenvalue weighted by Gasteiger charge is 2.24. The van der Waals surface area contributed by atoms with Gasteiger partial charge >= 0.3 is 5.97 Å². The lowest BCUT2D eigenvalue weighted by molar-refractivity contribution is 0.0697.